The zero-order valence-corrected chi connectivity index (χ0v) is 25.6. The maximum Gasteiger partial charge on any atom is 0.299 e. The van der Waals surface area contributed by atoms with Gasteiger partial charge in [-0.3, -0.25) is 20.2 Å². The van der Waals surface area contributed by atoms with Gasteiger partial charge in [0.25, 0.3) is 11.4 Å². The molecule has 0 aromatic heterocycles. The Morgan fingerprint density at radius 1 is 0.523 bits per heavy atom. The van der Waals surface area contributed by atoms with E-state index in [-0.39, 0.29) is 23.7 Å². The molecule has 0 aliphatic rings. The molecule has 0 aliphatic heterocycles. The summed E-state index contributed by atoms with van der Waals surface area (Å²) in [4.78, 5) is 20.6. The first-order valence-electron chi connectivity index (χ1n) is 14.6. The first-order chi connectivity index (χ1) is 21.6. The number of nitrogens with one attached hydrogen (secondary N) is 2. The monoisotopic (exact) mass is 636 g/mol. The largest absolute Gasteiger partial charge is 0.378 e. The second kappa shape index (κ2) is 29.1. The first kappa shape index (κ1) is 39.4. The van der Waals surface area contributed by atoms with Gasteiger partial charge in [-0.2, -0.15) is 0 Å². The molecule has 0 fully saturated rings. The predicted molar refractivity (Wildman–Crippen MR) is 160 cm³/mol. The molecule has 0 aliphatic carbocycles. The second-order valence-corrected chi connectivity index (χ2v) is 8.76. The van der Waals surface area contributed by atoms with Crippen molar-refractivity contribution in [2.24, 2.45) is 0 Å². The zero-order chi connectivity index (χ0) is 31.9. The number of ether oxygens (including phenoxy) is 9. The van der Waals surface area contributed by atoms with Crippen LogP contribution >= 0.6 is 0 Å². The van der Waals surface area contributed by atoms with Crippen LogP contribution in [0.5, 0.6) is 0 Å². The molecule has 1 rings (SSSR count). The average molecular weight is 637 g/mol. The maximum atomic E-state index is 11.1. The Morgan fingerprint density at radius 3 is 1.18 bits per heavy atom. The highest BCUT2D eigenvalue weighted by Gasteiger charge is 2.19. The Morgan fingerprint density at radius 2 is 0.864 bits per heavy atom. The number of nitro groups is 2. The minimum absolute atomic E-state index is 0.188. The number of rotatable bonds is 33. The number of hydrogen-bond donors (Lipinski definition) is 2. The van der Waals surface area contributed by atoms with Gasteiger partial charge in [0.15, 0.2) is 0 Å². The number of non-ortho nitro benzene ring substituents is 1. The minimum Gasteiger partial charge on any atom is -0.378 e. The number of nitrogens with zero attached hydrogens (tertiary/aromatic N) is 2. The third-order valence-corrected chi connectivity index (χ3v) is 5.42. The van der Waals surface area contributed by atoms with Crippen LogP contribution in [0, 0.1) is 20.2 Å². The van der Waals surface area contributed by atoms with E-state index < -0.39 is 9.85 Å². The number of nitro benzene ring substituents is 2. The van der Waals surface area contributed by atoms with Crippen LogP contribution in [0.1, 0.15) is 0 Å². The van der Waals surface area contributed by atoms with E-state index in [0.29, 0.717) is 119 Å². The molecule has 254 valence electrons. The van der Waals surface area contributed by atoms with Crippen LogP contribution in [-0.2, 0) is 42.6 Å². The Bertz CT molecular complexity index is 854. The molecular formula is C27H48N4O13. The van der Waals surface area contributed by atoms with Gasteiger partial charge >= 0.3 is 0 Å². The van der Waals surface area contributed by atoms with Gasteiger partial charge in [-0.05, 0) is 13.1 Å². The SMILES string of the molecule is CNCCOCCOCCOCCOCCOCCOCCOCCOCCOCCNc1ccc([N+](=O)[O-])cc1[N+](=O)[O-]. The van der Waals surface area contributed by atoms with Crippen molar-refractivity contribution in [3.05, 3.63) is 38.4 Å². The lowest BCUT2D eigenvalue weighted by Crippen LogP contribution is -2.17. The Kier molecular flexibility index (Phi) is 26.1. The topological polar surface area (TPSA) is 193 Å². The molecule has 0 saturated carbocycles. The third-order valence-electron chi connectivity index (χ3n) is 5.42. The second-order valence-electron chi connectivity index (χ2n) is 8.76. The summed E-state index contributed by atoms with van der Waals surface area (Å²) in [6.07, 6.45) is 0. The summed E-state index contributed by atoms with van der Waals surface area (Å²) in [6, 6.07) is 3.43. The van der Waals surface area contributed by atoms with E-state index in [1.807, 2.05) is 7.05 Å². The highest BCUT2D eigenvalue weighted by molar-refractivity contribution is 5.65. The molecule has 1 aromatic rings. The van der Waals surface area contributed by atoms with Gasteiger partial charge in [-0.15, -0.1) is 0 Å². The molecule has 0 saturated heterocycles. The summed E-state index contributed by atoms with van der Waals surface area (Å²) in [5.41, 5.74) is -0.519. The fourth-order valence-electron chi connectivity index (χ4n) is 3.23. The summed E-state index contributed by atoms with van der Waals surface area (Å²) in [7, 11) is 1.88. The smallest absolute Gasteiger partial charge is 0.299 e. The molecule has 0 unspecified atom stereocenters. The summed E-state index contributed by atoms with van der Waals surface area (Å²) >= 11 is 0. The van der Waals surface area contributed by atoms with Crippen molar-refractivity contribution in [3.63, 3.8) is 0 Å². The summed E-state index contributed by atoms with van der Waals surface area (Å²) in [5.74, 6) is 0. The highest BCUT2D eigenvalue weighted by Crippen LogP contribution is 2.28. The predicted octanol–water partition coefficient (Wildman–Crippen LogP) is 1.28. The molecule has 0 heterocycles. The van der Waals surface area contributed by atoms with E-state index in [1.54, 1.807) is 0 Å². The molecule has 2 N–H and O–H groups in total. The molecule has 0 amide bonds. The van der Waals surface area contributed by atoms with Gasteiger partial charge < -0.3 is 53.3 Å². The molecular weight excluding hydrogens is 588 g/mol. The van der Waals surface area contributed by atoms with Crippen LogP contribution < -0.4 is 10.6 Å². The van der Waals surface area contributed by atoms with E-state index in [1.165, 1.54) is 12.1 Å². The number of likely N-dealkylation sites (N-methyl/N-ethyl adjacent to an activating group) is 1. The molecule has 17 heteroatoms. The van der Waals surface area contributed by atoms with Gasteiger partial charge in [0.05, 0.1) is 135 Å². The fourth-order valence-corrected chi connectivity index (χ4v) is 3.23. The Labute approximate surface area is 258 Å². The Hall–Kier alpha value is -2.58. The van der Waals surface area contributed by atoms with Crippen LogP contribution in [-0.4, -0.2) is 149 Å². The van der Waals surface area contributed by atoms with E-state index >= 15 is 0 Å². The van der Waals surface area contributed by atoms with Crippen molar-refractivity contribution >= 4 is 17.1 Å². The van der Waals surface area contributed by atoms with Crippen LogP contribution in [0.25, 0.3) is 0 Å². The zero-order valence-electron chi connectivity index (χ0n) is 25.6. The molecule has 0 radical (unpaired) electrons. The molecule has 0 bridgehead atoms. The maximum absolute atomic E-state index is 11.1. The number of benzene rings is 1. The van der Waals surface area contributed by atoms with Gasteiger partial charge in [0.1, 0.15) is 5.69 Å². The fraction of sp³-hybridized carbons (Fsp3) is 0.778. The van der Waals surface area contributed by atoms with Crippen molar-refractivity contribution < 1.29 is 52.5 Å². The van der Waals surface area contributed by atoms with Crippen LogP contribution in [0.2, 0.25) is 0 Å². The van der Waals surface area contributed by atoms with E-state index in [4.69, 9.17) is 42.6 Å². The van der Waals surface area contributed by atoms with Crippen molar-refractivity contribution in [2.75, 3.05) is 144 Å². The average Bonchev–Trinajstić information content (AvgIpc) is 3.01. The van der Waals surface area contributed by atoms with Crippen LogP contribution in [0.15, 0.2) is 18.2 Å². The van der Waals surface area contributed by atoms with Gasteiger partial charge in [-0.1, -0.05) is 0 Å². The van der Waals surface area contributed by atoms with Crippen LogP contribution in [0.3, 0.4) is 0 Å². The quantitative estimate of drug-likeness (QED) is 0.0636. The number of hydrogen-bond acceptors (Lipinski definition) is 15. The van der Waals surface area contributed by atoms with Gasteiger partial charge in [-0.25, -0.2) is 0 Å². The van der Waals surface area contributed by atoms with Gasteiger partial charge in [0, 0.05) is 19.2 Å². The van der Waals surface area contributed by atoms with Crippen molar-refractivity contribution in [1.29, 1.82) is 0 Å². The van der Waals surface area contributed by atoms with Crippen molar-refractivity contribution in [2.45, 2.75) is 0 Å². The lowest BCUT2D eigenvalue weighted by Gasteiger charge is -2.09. The minimum atomic E-state index is -0.680. The number of anilines is 1. The van der Waals surface area contributed by atoms with E-state index in [2.05, 4.69) is 10.6 Å². The third kappa shape index (κ3) is 22.9. The molecule has 0 spiro atoms. The van der Waals surface area contributed by atoms with Crippen LogP contribution in [0.4, 0.5) is 17.1 Å². The summed E-state index contributed by atoms with van der Waals surface area (Å²) < 4.78 is 48.8. The molecule has 1 aromatic carbocycles. The molecule has 17 nitrogen and oxygen atoms in total. The van der Waals surface area contributed by atoms with Crippen molar-refractivity contribution in [1.82, 2.24) is 5.32 Å². The lowest BCUT2D eigenvalue weighted by atomic mass is 10.2. The van der Waals surface area contributed by atoms with Crippen molar-refractivity contribution in [3.8, 4) is 0 Å². The summed E-state index contributed by atoms with van der Waals surface area (Å²) in [6.45, 7) is 9.62. The normalized spacial score (nSPS) is 11.2. The van der Waals surface area contributed by atoms with Gasteiger partial charge in [0.2, 0.25) is 0 Å². The molecule has 44 heavy (non-hydrogen) atoms. The standard InChI is InChI=1S/C27H48N4O13/c1-28-4-6-36-8-10-38-12-14-40-16-18-42-20-22-44-23-21-43-19-17-41-15-13-39-11-9-37-7-5-29-26-3-2-25(30(32)33)24-27(26)31(34)35/h2-3,24,28-29H,4-23H2,1H3. The van der Waals surface area contributed by atoms with E-state index in [9.17, 15) is 20.2 Å². The lowest BCUT2D eigenvalue weighted by molar-refractivity contribution is -0.393. The van der Waals surface area contributed by atoms with E-state index in [0.717, 1.165) is 12.6 Å². The highest BCUT2D eigenvalue weighted by atomic mass is 16.6. The molecule has 0 atom stereocenters. The summed E-state index contributed by atoms with van der Waals surface area (Å²) in [5, 5.41) is 27.8. The first-order valence-corrected chi connectivity index (χ1v) is 14.6. The Balaban J connectivity index is 1.76.